The molecule has 20 heavy (non-hydrogen) atoms. The molecule has 110 valence electrons. The summed E-state index contributed by atoms with van der Waals surface area (Å²) in [6.07, 6.45) is 3.74. The lowest BCUT2D eigenvalue weighted by molar-refractivity contribution is 0.0559. The third-order valence-electron chi connectivity index (χ3n) is 3.97. The number of para-hydroxylation sites is 1. The lowest BCUT2D eigenvalue weighted by Gasteiger charge is -2.31. The highest BCUT2D eigenvalue weighted by Crippen LogP contribution is 2.33. The minimum absolute atomic E-state index is 0.357. The molecule has 1 aromatic rings. The zero-order chi connectivity index (χ0) is 14.8. The van der Waals surface area contributed by atoms with Crippen molar-refractivity contribution in [1.82, 2.24) is 0 Å². The summed E-state index contributed by atoms with van der Waals surface area (Å²) in [5.41, 5.74) is 6.90. The average molecular weight is 278 g/mol. The predicted octanol–water partition coefficient (Wildman–Crippen LogP) is 1.80. The number of benzene rings is 1. The lowest BCUT2D eigenvalue weighted by atomic mass is 10.0. The van der Waals surface area contributed by atoms with E-state index in [1.165, 1.54) is 7.11 Å². The van der Waals surface area contributed by atoms with Crippen LogP contribution in [0.2, 0.25) is 0 Å². The van der Waals surface area contributed by atoms with Crippen molar-refractivity contribution in [2.24, 2.45) is 0 Å². The van der Waals surface area contributed by atoms with Gasteiger partial charge in [0.05, 0.1) is 29.6 Å². The second-order valence-corrected chi connectivity index (χ2v) is 5.52. The molecule has 1 saturated carbocycles. The second-order valence-electron chi connectivity index (χ2n) is 5.52. The van der Waals surface area contributed by atoms with Crippen molar-refractivity contribution in [3.8, 4) is 0 Å². The fourth-order valence-electron chi connectivity index (χ4n) is 2.89. The molecule has 1 aromatic carbocycles. The number of likely N-dealkylation sites (N-methyl/N-ethyl adjacent to an activating group) is 1. The van der Waals surface area contributed by atoms with Crippen molar-refractivity contribution in [1.29, 1.82) is 0 Å². The zero-order valence-corrected chi connectivity index (χ0v) is 12.1. The van der Waals surface area contributed by atoms with Crippen LogP contribution in [0.5, 0.6) is 0 Å². The first kappa shape index (κ1) is 14.7. The van der Waals surface area contributed by atoms with E-state index in [2.05, 4.69) is 0 Å². The van der Waals surface area contributed by atoms with Crippen molar-refractivity contribution in [2.75, 3.05) is 31.3 Å². The van der Waals surface area contributed by atoms with E-state index in [0.717, 1.165) is 31.4 Å². The third kappa shape index (κ3) is 2.88. The Bertz CT molecular complexity index is 496. The van der Waals surface area contributed by atoms with Crippen molar-refractivity contribution in [3.63, 3.8) is 0 Å². The van der Waals surface area contributed by atoms with E-state index >= 15 is 0 Å². The molecule has 0 amide bonds. The van der Waals surface area contributed by atoms with Gasteiger partial charge < -0.3 is 20.5 Å². The van der Waals surface area contributed by atoms with Crippen LogP contribution in [0.3, 0.4) is 0 Å². The van der Waals surface area contributed by atoms with E-state index in [1.54, 1.807) is 12.1 Å². The Balaban J connectivity index is 2.21. The number of aliphatic hydroxyl groups is 1. The van der Waals surface area contributed by atoms with Crippen LogP contribution < -0.4 is 10.6 Å². The van der Waals surface area contributed by atoms with Crippen LogP contribution >= 0.6 is 0 Å². The van der Waals surface area contributed by atoms with Gasteiger partial charge in [0.1, 0.15) is 0 Å². The van der Waals surface area contributed by atoms with Crippen LogP contribution in [0.15, 0.2) is 18.2 Å². The van der Waals surface area contributed by atoms with Gasteiger partial charge in [-0.05, 0) is 25.0 Å². The Kier molecular flexibility index (Phi) is 4.18. The van der Waals surface area contributed by atoms with E-state index in [9.17, 15) is 9.90 Å². The fourth-order valence-corrected chi connectivity index (χ4v) is 2.89. The van der Waals surface area contributed by atoms with E-state index in [1.807, 2.05) is 18.0 Å². The molecular formula is C15H22N2O3. The predicted molar refractivity (Wildman–Crippen MR) is 78.9 cm³/mol. The molecule has 3 N–H and O–H groups in total. The lowest BCUT2D eigenvalue weighted by Crippen LogP contribution is -2.39. The monoisotopic (exact) mass is 278 g/mol. The van der Waals surface area contributed by atoms with Crippen LogP contribution in [-0.4, -0.2) is 37.4 Å². The third-order valence-corrected chi connectivity index (χ3v) is 3.97. The molecule has 0 atom stereocenters. The number of nitrogens with zero attached hydrogens (tertiary/aromatic N) is 1. The molecule has 1 fully saturated rings. The van der Waals surface area contributed by atoms with E-state index in [0.29, 0.717) is 17.8 Å². The maximum atomic E-state index is 11.6. The molecule has 0 radical (unpaired) electrons. The Labute approximate surface area is 119 Å². The van der Waals surface area contributed by atoms with Gasteiger partial charge in [-0.15, -0.1) is 0 Å². The minimum atomic E-state index is -0.650. The molecule has 0 heterocycles. The summed E-state index contributed by atoms with van der Waals surface area (Å²) in [4.78, 5) is 13.6. The molecule has 0 bridgehead atoms. The number of methoxy groups -OCH3 is 1. The molecule has 2 rings (SSSR count). The normalized spacial score (nSPS) is 16.9. The first-order valence-corrected chi connectivity index (χ1v) is 6.87. The molecule has 1 aliphatic carbocycles. The second kappa shape index (κ2) is 5.71. The quantitative estimate of drug-likeness (QED) is 0.649. The number of nitrogens with two attached hydrogens (primary N) is 1. The number of carbonyl (C=O) groups is 1. The van der Waals surface area contributed by atoms with Crippen LogP contribution in [0, 0.1) is 0 Å². The molecular weight excluding hydrogens is 256 g/mol. The largest absolute Gasteiger partial charge is 0.465 e. The Morgan fingerprint density at radius 2 is 2.10 bits per heavy atom. The van der Waals surface area contributed by atoms with Gasteiger partial charge in [0, 0.05) is 13.6 Å². The van der Waals surface area contributed by atoms with Gasteiger partial charge in [0.25, 0.3) is 0 Å². The Morgan fingerprint density at radius 1 is 1.45 bits per heavy atom. The maximum absolute atomic E-state index is 11.6. The summed E-state index contributed by atoms with van der Waals surface area (Å²) < 4.78 is 4.72. The van der Waals surface area contributed by atoms with Gasteiger partial charge in [-0.2, -0.15) is 0 Å². The van der Waals surface area contributed by atoms with Crippen LogP contribution in [-0.2, 0) is 4.74 Å². The first-order chi connectivity index (χ1) is 9.47. The highest BCUT2D eigenvalue weighted by atomic mass is 16.5. The number of anilines is 2. The maximum Gasteiger partial charge on any atom is 0.340 e. The number of nitrogen functional groups attached to an aromatic ring is 1. The van der Waals surface area contributed by atoms with Gasteiger partial charge in [-0.25, -0.2) is 4.79 Å². The molecule has 5 nitrogen and oxygen atoms in total. The number of hydrogen-bond acceptors (Lipinski definition) is 5. The number of hydrogen-bond donors (Lipinski definition) is 2. The standard InChI is InChI=1S/C15H22N2O3/c1-17(10-15(19)8-3-4-9-15)12-7-5-6-11(13(12)16)14(18)20-2/h5-7,19H,3-4,8-10,16H2,1-2H3. The average Bonchev–Trinajstić information content (AvgIpc) is 2.84. The fraction of sp³-hybridized carbons (Fsp3) is 0.533. The number of carbonyl (C=O) groups excluding carboxylic acids is 1. The molecule has 0 unspecified atom stereocenters. The summed E-state index contributed by atoms with van der Waals surface area (Å²) in [5.74, 6) is -0.447. The Hall–Kier alpha value is -1.75. The first-order valence-electron chi connectivity index (χ1n) is 6.87. The highest BCUT2D eigenvalue weighted by molar-refractivity contribution is 5.98. The summed E-state index contributed by atoms with van der Waals surface area (Å²) in [7, 11) is 3.21. The summed E-state index contributed by atoms with van der Waals surface area (Å²) in [6, 6.07) is 5.26. The topological polar surface area (TPSA) is 75.8 Å². The number of esters is 1. The zero-order valence-electron chi connectivity index (χ0n) is 12.1. The molecule has 0 spiro atoms. The van der Waals surface area contributed by atoms with Crippen molar-refractivity contribution in [2.45, 2.75) is 31.3 Å². The summed E-state index contributed by atoms with van der Waals surface area (Å²) in [6.45, 7) is 0.516. The van der Waals surface area contributed by atoms with E-state index < -0.39 is 11.6 Å². The molecule has 0 saturated heterocycles. The van der Waals surface area contributed by atoms with E-state index in [4.69, 9.17) is 10.5 Å². The van der Waals surface area contributed by atoms with Gasteiger partial charge >= 0.3 is 5.97 Å². The molecule has 1 aliphatic rings. The van der Waals surface area contributed by atoms with Crippen LogP contribution in [0.4, 0.5) is 11.4 Å². The summed E-state index contributed by atoms with van der Waals surface area (Å²) >= 11 is 0. The summed E-state index contributed by atoms with van der Waals surface area (Å²) in [5, 5.41) is 10.5. The van der Waals surface area contributed by atoms with Crippen molar-refractivity contribution >= 4 is 17.3 Å². The van der Waals surface area contributed by atoms with Crippen molar-refractivity contribution < 1.29 is 14.6 Å². The van der Waals surface area contributed by atoms with Gasteiger partial charge in [0.2, 0.25) is 0 Å². The smallest absolute Gasteiger partial charge is 0.340 e. The number of ether oxygens (including phenoxy) is 1. The number of rotatable bonds is 4. The van der Waals surface area contributed by atoms with Gasteiger partial charge in [-0.3, -0.25) is 0 Å². The van der Waals surface area contributed by atoms with Gasteiger partial charge in [0.15, 0.2) is 0 Å². The minimum Gasteiger partial charge on any atom is -0.465 e. The van der Waals surface area contributed by atoms with Crippen LogP contribution in [0.25, 0.3) is 0 Å². The molecule has 0 aromatic heterocycles. The van der Waals surface area contributed by atoms with Gasteiger partial charge in [-0.1, -0.05) is 18.9 Å². The highest BCUT2D eigenvalue weighted by Gasteiger charge is 2.32. The van der Waals surface area contributed by atoms with Crippen LogP contribution in [0.1, 0.15) is 36.0 Å². The molecule has 5 heteroatoms. The molecule has 0 aliphatic heterocycles. The Morgan fingerprint density at radius 3 is 2.70 bits per heavy atom. The van der Waals surface area contributed by atoms with Crippen molar-refractivity contribution in [3.05, 3.63) is 23.8 Å². The SMILES string of the molecule is COC(=O)c1cccc(N(C)CC2(O)CCCC2)c1N. The van der Waals surface area contributed by atoms with E-state index in [-0.39, 0.29) is 0 Å².